The van der Waals surface area contributed by atoms with Gasteiger partial charge in [-0.3, -0.25) is 9.78 Å². The van der Waals surface area contributed by atoms with E-state index in [2.05, 4.69) is 25.3 Å². The molecule has 162 valence electrons. The molecule has 1 amide bonds. The summed E-state index contributed by atoms with van der Waals surface area (Å²) in [5.41, 5.74) is 1.29. The molecule has 0 bridgehead atoms. The van der Waals surface area contributed by atoms with Gasteiger partial charge in [0, 0.05) is 30.1 Å². The molecule has 4 rings (SSSR count). The van der Waals surface area contributed by atoms with Crippen LogP contribution in [0.1, 0.15) is 31.1 Å². The highest BCUT2D eigenvalue weighted by Gasteiger charge is 2.26. The van der Waals surface area contributed by atoms with E-state index in [1.54, 1.807) is 31.5 Å². The Labute approximate surface area is 185 Å². The lowest BCUT2D eigenvalue weighted by atomic mass is 9.96. The number of likely N-dealkylation sites (tertiary alicyclic amines) is 1. The summed E-state index contributed by atoms with van der Waals surface area (Å²) in [6.07, 6.45) is 3.92. The molecule has 1 aliphatic rings. The smallest absolute Gasteiger partial charge is 0.230 e. The van der Waals surface area contributed by atoms with E-state index in [0.717, 1.165) is 25.9 Å². The summed E-state index contributed by atoms with van der Waals surface area (Å²) in [6.45, 7) is 2.43. The first-order valence-corrected chi connectivity index (χ1v) is 10.6. The van der Waals surface area contributed by atoms with Crippen LogP contribution in [-0.4, -0.2) is 52.7 Å². The lowest BCUT2D eigenvalue weighted by Crippen LogP contribution is -2.35. The molecule has 2 aromatic heterocycles. The van der Waals surface area contributed by atoms with Crippen molar-refractivity contribution in [2.75, 3.05) is 32.1 Å². The zero-order chi connectivity index (χ0) is 21.6. The molecule has 8 nitrogen and oxygen atoms in total. The van der Waals surface area contributed by atoms with Gasteiger partial charge in [-0.1, -0.05) is 22.8 Å². The second-order valence-electron chi connectivity index (χ2n) is 7.43. The van der Waals surface area contributed by atoms with E-state index in [-0.39, 0.29) is 11.8 Å². The van der Waals surface area contributed by atoms with Crippen LogP contribution >= 0.6 is 11.6 Å². The molecule has 3 aromatic rings. The number of nitrogens with zero attached hydrogens (tertiary/aromatic N) is 4. The number of methoxy groups -OCH3 is 1. The van der Waals surface area contributed by atoms with Crippen molar-refractivity contribution >= 4 is 23.2 Å². The minimum atomic E-state index is -0.0698. The summed E-state index contributed by atoms with van der Waals surface area (Å²) in [5.74, 6) is 1.92. The fourth-order valence-corrected chi connectivity index (χ4v) is 3.83. The van der Waals surface area contributed by atoms with Gasteiger partial charge in [-0.2, -0.15) is 4.98 Å². The van der Waals surface area contributed by atoms with Crippen LogP contribution in [0, 0.1) is 0 Å². The van der Waals surface area contributed by atoms with Crippen LogP contribution in [0.2, 0.25) is 5.02 Å². The number of amides is 1. The normalized spacial score (nSPS) is 15.0. The average molecular weight is 442 g/mol. The molecule has 1 fully saturated rings. The van der Waals surface area contributed by atoms with Gasteiger partial charge >= 0.3 is 0 Å². The Bertz CT molecular complexity index is 1020. The van der Waals surface area contributed by atoms with Gasteiger partial charge in [0.15, 0.2) is 0 Å². The summed E-state index contributed by atoms with van der Waals surface area (Å²) in [7, 11) is 1.56. The SMILES string of the molecule is COc1ccc(Cl)cc1NC(=O)CCN1CCC(c2nc(-c3ccccn3)no2)CC1. The van der Waals surface area contributed by atoms with E-state index < -0.39 is 0 Å². The van der Waals surface area contributed by atoms with E-state index in [0.29, 0.717) is 46.8 Å². The van der Waals surface area contributed by atoms with Gasteiger partial charge in [-0.25, -0.2) is 0 Å². The Morgan fingerprint density at radius 1 is 1.29 bits per heavy atom. The standard InChI is InChI=1S/C22H24ClN5O3/c1-30-19-6-5-16(23)14-18(19)25-20(29)9-13-28-11-7-15(8-12-28)22-26-21(27-31-22)17-4-2-3-10-24-17/h2-6,10,14-15H,7-9,11-13H2,1H3,(H,25,29). The number of halogens is 1. The van der Waals surface area contributed by atoms with Crippen molar-refractivity contribution in [3.05, 3.63) is 53.5 Å². The van der Waals surface area contributed by atoms with E-state index in [1.807, 2.05) is 18.2 Å². The molecule has 9 heteroatoms. The highest BCUT2D eigenvalue weighted by atomic mass is 35.5. The van der Waals surface area contributed by atoms with E-state index in [9.17, 15) is 4.79 Å². The van der Waals surface area contributed by atoms with E-state index in [1.165, 1.54) is 0 Å². The molecule has 0 radical (unpaired) electrons. The minimum Gasteiger partial charge on any atom is -0.495 e. The van der Waals surface area contributed by atoms with Crippen molar-refractivity contribution in [1.29, 1.82) is 0 Å². The van der Waals surface area contributed by atoms with Crippen LogP contribution in [0.5, 0.6) is 5.75 Å². The molecule has 31 heavy (non-hydrogen) atoms. The van der Waals surface area contributed by atoms with Crippen molar-refractivity contribution in [2.24, 2.45) is 0 Å². The molecule has 1 saturated heterocycles. The Morgan fingerprint density at radius 2 is 2.13 bits per heavy atom. The van der Waals surface area contributed by atoms with Crippen LogP contribution in [0.3, 0.4) is 0 Å². The Morgan fingerprint density at radius 3 is 2.87 bits per heavy atom. The molecule has 0 spiro atoms. The predicted molar refractivity (Wildman–Crippen MR) is 117 cm³/mol. The first kappa shape index (κ1) is 21.3. The third-order valence-corrected chi connectivity index (χ3v) is 5.60. The van der Waals surface area contributed by atoms with Gasteiger partial charge in [0.05, 0.1) is 12.8 Å². The second-order valence-corrected chi connectivity index (χ2v) is 7.87. The fourth-order valence-electron chi connectivity index (χ4n) is 3.65. The topological polar surface area (TPSA) is 93.4 Å². The molecule has 0 unspecified atom stereocenters. The lowest BCUT2D eigenvalue weighted by molar-refractivity contribution is -0.116. The maximum atomic E-state index is 12.4. The van der Waals surface area contributed by atoms with Gasteiger partial charge < -0.3 is 19.5 Å². The number of hydrogen-bond donors (Lipinski definition) is 1. The van der Waals surface area contributed by atoms with Crippen molar-refractivity contribution < 1.29 is 14.1 Å². The number of benzene rings is 1. The Balaban J connectivity index is 1.25. The van der Waals surface area contributed by atoms with Gasteiger partial charge in [-0.05, 0) is 56.3 Å². The number of ether oxygens (including phenoxy) is 1. The van der Waals surface area contributed by atoms with Crippen molar-refractivity contribution in [3.63, 3.8) is 0 Å². The van der Waals surface area contributed by atoms with Gasteiger partial charge in [-0.15, -0.1) is 0 Å². The number of pyridine rings is 1. The highest BCUT2D eigenvalue weighted by molar-refractivity contribution is 6.31. The second kappa shape index (κ2) is 9.89. The van der Waals surface area contributed by atoms with Crippen LogP contribution in [0.15, 0.2) is 47.1 Å². The average Bonchev–Trinajstić information content (AvgIpc) is 3.29. The number of carbonyl (C=O) groups excluding carboxylic acids is 1. The molecule has 1 aromatic carbocycles. The Kier molecular flexibility index (Phi) is 6.79. The lowest BCUT2D eigenvalue weighted by Gasteiger charge is -2.30. The highest BCUT2D eigenvalue weighted by Crippen LogP contribution is 2.29. The number of anilines is 1. The zero-order valence-corrected chi connectivity index (χ0v) is 18.0. The van der Waals surface area contributed by atoms with Crippen LogP contribution in [0.25, 0.3) is 11.5 Å². The molecular weight excluding hydrogens is 418 g/mol. The quantitative estimate of drug-likeness (QED) is 0.592. The molecule has 3 heterocycles. The fraction of sp³-hybridized carbons (Fsp3) is 0.364. The van der Waals surface area contributed by atoms with Gasteiger partial charge in [0.1, 0.15) is 11.4 Å². The van der Waals surface area contributed by atoms with Crippen LogP contribution in [0.4, 0.5) is 5.69 Å². The number of rotatable bonds is 7. The molecule has 1 aliphatic heterocycles. The van der Waals surface area contributed by atoms with Gasteiger partial charge in [0.2, 0.25) is 17.6 Å². The largest absolute Gasteiger partial charge is 0.495 e. The monoisotopic (exact) mass is 441 g/mol. The van der Waals surface area contributed by atoms with Crippen molar-refractivity contribution in [3.8, 4) is 17.3 Å². The van der Waals surface area contributed by atoms with Crippen LogP contribution in [-0.2, 0) is 4.79 Å². The molecular formula is C22H24ClN5O3. The molecule has 0 aliphatic carbocycles. The predicted octanol–water partition coefficient (Wildman–Crippen LogP) is 4.00. The number of hydrogen-bond acceptors (Lipinski definition) is 7. The maximum Gasteiger partial charge on any atom is 0.230 e. The van der Waals surface area contributed by atoms with Crippen molar-refractivity contribution in [1.82, 2.24) is 20.0 Å². The molecule has 1 N–H and O–H groups in total. The molecule has 0 saturated carbocycles. The van der Waals surface area contributed by atoms with Crippen molar-refractivity contribution in [2.45, 2.75) is 25.2 Å². The van der Waals surface area contributed by atoms with Gasteiger partial charge in [0.25, 0.3) is 0 Å². The zero-order valence-electron chi connectivity index (χ0n) is 17.3. The summed E-state index contributed by atoms with van der Waals surface area (Å²) in [5, 5.41) is 7.49. The summed E-state index contributed by atoms with van der Waals surface area (Å²) < 4.78 is 10.8. The third kappa shape index (κ3) is 5.39. The first-order chi connectivity index (χ1) is 15.1. The summed E-state index contributed by atoms with van der Waals surface area (Å²) in [4.78, 5) is 23.4. The molecule has 0 atom stereocenters. The Hall–Kier alpha value is -2.97. The number of piperidine rings is 1. The summed E-state index contributed by atoms with van der Waals surface area (Å²) >= 11 is 6.02. The number of nitrogens with one attached hydrogen (secondary N) is 1. The number of carbonyl (C=O) groups is 1. The third-order valence-electron chi connectivity index (χ3n) is 5.36. The van der Waals surface area contributed by atoms with Crippen LogP contribution < -0.4 is 10.1 Å². The number of aromatic nitrogens is 3. The van der Waals surface area contributed by atoms with E-state index in [4.69, 9.17) is 20.9 Å². The summed E-state index contributed by atoms with van der Waals surface area (Å²) in [6, 6.07) is 10.8. The minimum absolute atomic E-state index is 0.0698. The van der Waals surface area contributed by atoms with E-state index >= 15 is 0 Å². The first-order valence-electron chi connectivity index (χ1n) is 10.2. The maximum absolute atomic E-state index is 12.4.